The SMILES string of the molecule is CCCCn1n[c]c(Cl)c1C1CC1. The van der Waals surface area contributed by atoms with Gasteiger partial charge in [-0.2, -0.15) is 5.10 Å². The zero-order chi connectivity index (χ0) is 9.26. The van der Waals surface area contributed by atoms with Crippen LogP contribution < -0.4 is 0 Å². The van der Waals surface area contributed by atoms with Crippen LogP contribution in [0.25, 0.3) is 0 Å². The first-order valence-electron chi connectivity index (χ1n) is 4.96. The molecular weight excluding hydrogens is 184 g/mol. The number of nitrogens with zero attached hydrogens (tertiary/aromatic N) is 2. The Hall–Kier alpha value is -0.500. The van der Waals surface area contributed by atoms with Crippen LogP contribution in [0.1, 0.15) is 44.2 Å². The van der Waals surface area contributed by atoms with Gasteiger partial charge in [0.25, 0.3) is 0 Å². The van der Waals surface area contributed by atoms with Gasteiger partial charge in [0.15, 0.2) is 0 Å². The van der Waals surface area contributed by atoms with E-state index in [4.69, 9.17) is 11.6 Å². The number of aromatic nitrogens is 2. The molecule has 0 saturated heterocycles. The Labute approximate surface area is 83.9 Å². The van der Waals surface area contributed by atoms with Crippen molar-refractivity contribution < 1.29 is 0 Å². The molecule has 1 fully saturated rings. The summed E-state index contributed by atoms with van der Waals surface area (Å²) in [4.78, 5) is 0. The molecule has 0 aromatic carbocycles. The summed E-state index contributed by atoms with van der Waals surface area (Å²) in [6.07, 6.45) is 7.75. The molecule has 1 saturated carbocycles. The standard InChI is InChI=1S/C10H14ClN2/c1-2-3-6-13-10(8-4-5-8)9(11)7-12-13/h8H,2-6H2,1H3. The van der Waals surface area contributed by atoms with Gasteiger partial charge in [-0.1, -0.05) is 24.9 Å². The fourth-order valence-electron chi connectivity index (χ4n) is 1.55. The van der Waals surface area contributed by atoms with Crippen LogP contribution in [0.5, 0.6) is 0 Å². The number of halogens is 1. The average molecular weight is 198 g/mol. The Balaban J connectivity index is 2.13. The van der Waals surface area contributed by atoms with E-state index in [1.54, 1.807) is 0 Å². The minimum Gasteiger partial charge on any atom is -0.267 e. The number of hydrogen-bond acceptors (Lipinski definition) is 1. The molecule has 2 rings (SSSR count). The van der Waals surface area contributed by atoms with Crippen LogP contribution in [0.3, 0.4) is 0 Å². The minimum absolute atomic E-state index is 0.670. The molecule has 0 amide bonds. The van der Waals surface area contributed by atoms with Crippen molar-refractivity contribution in [1.82, 2.24) is 9.78 Å². The molecule has 1 aromatic rings. The van der Waals surface area contributed by atoms with Crippen molar-refractivity contribution in [2.45, 2.75) is 45.1 Å². The van der Waals surface area contributed by atoms with E-state index in [1.165, 1.54) is 31.4 Å². The van der Waals surface area contributed by atoms with Gasteiger partial charge in [-0.15, -0.1) is 0 Å². The van der Waals surface area contributed by atoms with E-state index in [1.807, 2.05) is 4.68 Å². The molecule has 13 heavy (non-hydrogen) atoms. The molecule has 1 aromatic heterocycles. The van der Waals surface area contributed by atoms with Crippen molar-refractivity contribution in [1.29, 1.82) is 0 Å². The molecule has 0 unspecified atom stereocenters. The van der Waals surface area contributed by atoms with Gasteiger partial charge in [0.05, 0.1) is 10.7 Å². The summed E-state index contributed by atoms with van der Waals surface area (Å²) in [5, 5.41) is 4.91. The van der Waals surface area contributed by atoms with Crippen LogP contribution >= 0.6 is 11.6 Å². The molecule has 1 aliphatic carbocycles. The van der Waals surface area contributed by atoms with Crippen LogP contribution in [-0.2, 0) is 6.54 Å². The Kier molecular flexibility index (Phi) is 2.58. The van der Waals surface area contributed by atoms with Crippen LogP contribution in [0, 0.1) is 6.20 Å². The lowest BCUT2D eigenvalue weighted by atomic mass is 10.3. The van der Waals surface area contributed by atoms with E-state index in [2.05, 4.69) is 18.2 Å². The predicted molar refractivity (Wildman–Crippen MR) is 53.0 cm³/mol. The molecule has 0 bridgehead atoms. The highest BCUT2D eigenvalue weighted by Crippen LogP contribution is 2.42. The van der Waals surface area contributed by atoms with Crippen LogP contribution in [0.2, 0.25) is 5.02 Å². The van der Waals surface area contributed by atoms with Crippen LogP contribution in [0.4, 0.5) is 0 Å². The van der Waals surface area contributed by atoms with Gasteiger partial charge in [-0.25, -0.2) is 0 Å². The highest BCUT2D eigenvalue weighted by Gasteiger charge is 2.29. The van der Waals surface area contributed by atoms with E-state index >= 15 is 0 Å². The summed E-state index contributed by atoms with van der Waals surface area (Å²) >= 11 is 6.02. The normalized spacial score (nSPS) is 16.5. The summed E-state index contributed by atoms with van der Waals surface area (Å²) in [6.45, 7) is 3.18. The molecule has 0 spiro atoms. The lowest BCUT2D eigenvalue weighted by Crippen LogP contribution is -2.03. The Morgan fingerprint density at radius 2 is 2.38 bits per heavy atom. The molecule has 1 radical (unpaired) electrons. The Morgan fingerprint density at radius 3 is 3.00 bits per heavy atom. The average Bonchev–Trinajstić information content (AvgIpc) is 2.88. The molecule has 0 N–H and O–H groups in total. The van der Waals surface area contributed by atoms with Gasteiger partial charge in [-0.05, 0) is 19.3 Å². The van der Waals surface area contributed by atoms with E-state index in [0.29, 0.717) is 5.92 Å². The Morgan fingerprint density at radius 1 is 1.62 bits per heavy atom. The second kappa shape index (κ2) is 3.70. The third-order valence-corrected chi connectivity index (χ3v) is 2.74. The maximum absolute atomic E-state index is 6.02. The maximum Gasteiger partial charge on any atom is 0.133 e. The first kappa shape index (κ1) is 9.07. The molecular formula is C10H14ClN2. The van der Waals surface area contributed by atoms with Gasteiger partial charge in [0.1, 0.15) is 6.20 Å². The van der Waals surface area contributed by atoms with Gasteiger partial charge in [0.2, 0.25) is 0 Å². The van der Waals surface area contributed by atoms with E-state index < -0.39 is 0 Å². The van der Waals surface area contributed by atoms with Crippen molar-refractivity contribution in [3.05, 3.63) is 16.9 Å². The summed E-state index contributed by atoms with van der Waals surface area (Å²) in [7, 11) is 0. The molecule has 0 aliphatic heterocycles. The third kappa shape index (κ3) is 1.88. The van der Waals surface area contributed by atoms with Gasteiger partial charge in [-0.3, -0.25) is 4.68 Å². The molecule has 0 atom stereocenters. The number of unbranched alkanes of at least 4 members (excludes halogenated alkanes) is 1. The van der Waals surface area contributed by atoms with Gasteiger partial charge in [0, 0.05) is 12.5 Å². The van der Waals surface area contributed by atoms with Crippen LogP contribution in [0.15, 0.2) is 0 Å². The fraction of sp³-hybridized carbons (Fsp3) is 0.700. The molecule has 3 heteroatoms. The quantitative estimate of drug-likeness (QED) is 0.726. The number of rotatable bonds is 4. The minimum atomic E-state index is 0.670. The van der Waals surface area contributed by atoms with Crippen molar-refractivity contribution in [3.8, 4) is 0 Å². The van der Waals surface area contributed by atoms with E-state index in [-0.39, 0.29) is 0 Å². The number of hydrogen-bond donors (Lipinski definition) is 0. The zero-order valence-electron chi connectivity index (χ0n) is 7.89. The summed E-state index contributed by atoms with van der Waals surface area (Å²) in [6, 6.07) is 0. The zero-order valence-corrected chi connectivity index (χ0v) is 8.64. The fourth-order valence-corrected chi connectivity index (χ4v) is 1.84. The Bertz CT molecular complexity index is 289. The molecule has 2 nitrogen and oxygen atoms in total. The molecule has 1 aliphatic rings. The second-order valence-electron chi connectivity index (χ2n) is 3.66. The summed E-state index contributed by atoms with van der Waals surface area (Å²) in [5.74, 6) is 0.670. The van der Waals surface area contributed by atoms with Crippen molar-refractivity contribution >= 4 is 11.6 Å². The third-order valence-electron chi connectivity index (χ3n) is 2.46. The largest absolute Gasteiger partial charge is 0.267 e. The second-order valence-corrected chi connectivity index (χ2v) is 4.04. The lowest BCUT2D eigenvalue weighted by molar-refractivity contribution is 0.548. The first-order chi connectivity index (χ1) is 6.33. The van der Waals surface area contributed by atoms with Crippen molar-refractivity contribution in [2.24, 2.45) is 0 Å². The molecule has 71 valence electrons. The number of aryl methyl sites for hydroxylation is 1. The van der Waals surface area contributed by atoms with Crippen molar-refractivity contribution in [2.75, 3.05) is 0 Å². The topological polar surface area (TPSA) is 17.8 Å². The highest BCUT2D eigenvalue weighted by atomic mass is 35.5. The van der Waals surface area contributed by atoms with Crippen LogP contribution in [-0.4, -0.2) is 9.78 Å². The van der Waals surface area contributed by atoms with E-state index in [0.717, 1.165) is 11.6 Å². The monoisotopic (exact) mass is 197 g/mol. The maximum atomic E-state index is 6.02. The smallest absolute Gasteiger partial charge is 0.133 e. The van der Waals surface area contributed by atoms with E-state index in [9.17, 15) is 0 Å². The summed E-state index contributed by atoms with van der Waals surface area (Å²) < 4.78 is 2.03. The predicted octanol–water partition coefficient (Wildman–Crippen LogP) is 3.01. The van der Waals surface area contributed by atoms with Crippen molar-refractivity contribution in [3.63, 3.8) is 0 Å². The van der Waals surface area contributed by atoms with Gasteiger partial charge < -0.3 is 0 Å². The molecule has 1 heterocycles. The van der Waals surface area contributed by atoms with Gasteiger partial charge >= 0.3 is 0 Å². The highest BCUT2D eigenvalue weighted by molar-refractivity contribution is 6.31. The first-order valence-corrected chi connectivity index (χ1v) is 5.34. The summed E-state index contributed by atoms with van der Waals surface area (Å²) in [5.41, 5.74) is 1.22. The lowest BCUT2D eigenvalue weighted by Gasteiger charge is -2.05.